The van der Waals surface area contributed by atoms with Crippen LogP contribution in [-0.2, 0) is 9.30 Å². The molecule has 12 heteroatoms. The van der Waals surface area contributed by atoms with Gasteiger partial charge in [-0.25, -0.2) is 9.78 Å². The third-order valence-corrected chi connectivity index (χ3v) is 10.9. The molecule has 1 atom stereocenters. The van der Waals surface area contributed by atoms with Gasteiger partial charge in [0.15, 0.2) is 5.82 Å². The van der Waals surface area contributed by atoms with E-state index in [4.69, 9.17) is 16.3 Å². The van der Waals surface area contributed by atoms with Crippen molar-refractivity contribution in [3.05, 3.63) is 35.5 Å². The first-order valence-electron chi connectivity index (χ1n) is 16.5. The summed E-state index contributed by atoms with van der Waals surface area (Å²) in [4.78, 5) is 28.6. The number of anilines is 3. The van der Waals surface area contributed by atoms with Crippen molar-refractivity contribution in [1.82, 2.24) is 24.7 Å². The van der Waals surface area contributed by atoms with E-state index in [0.29, 0.717) is 22.7 Å². The zero-order chi connectivity index (χ0) is 32.2. The van der Waals surface area contributed by atoms with Gasteiger partial charge in [0.2, 0.25) is 5.95 Å². The van der Waals surface area contributed by atoms with Crippen LogP contribution in [0.2, 0.25) is 5.02 Å². The van der Waals surface area contributed by atoms with E-state index in [0.717, 1.165) is 88.5 Å². The van der Waals surface area contributed by atoms with E-state index in [1.165, 1.54) is 12.8 Å². The predicted octanol–water partition coefficient (Wildman–Crippen LogP) is 5.97. The maximum atomic E-state index is 12.8. The Bertz CT molecular complexity index is 1350. The SMILES string of the molecule is CC(C)(C)OC(=O)N1CCC(CN2CCC(CN3CCC(Nc4ncc(Cl)c(Nc5ccccc5P(C)(C)=O)n4)C3)CC2)CC1. The van der Waals surface area contributed by atoms with Gasteiger partial charge < -0.3 is 34.6 Å². The highest BCUT2D eigenvalue weighted by molar-refractivity contribution is 7.70. The number of hydrogen-bond donors (Lipinski definition) is 2. The number of ether oxygens (including phenoxy) is 1. The first-order valence-corrected chi connectivity index (χ1v) is 19.4. The van der Waals surface area contributed by atoms with Crippen molar-refractivity contribution in [1.29, 1.82) is 0 Å². The normalized spacial score (nSPS) is 21.2. The number of nitrogens with zero attached hydrogens (tertiary/aromatic N) is 5. The highest BCUT2D eigenvalue weighted by Gasteiger charge is 2.30. The first-order chi connectivity index (χ1) is 21.3. The van der Waals surface area contributed by atoms with Crippen LogP contribution in [0.15, 0.2) is 30.5 Å². The minimum absolute atomic E-state index is 0.174. The van der Waals surface area contributed by atoms with Crippen molar-refractivity contribution in [2.45, 2.75) is 64.5 Å². The third-order valence-electron chi connectivity index (χ3n) is 9.09. The molecule has 2 aromatic rings. The van der Waals surface area contributed by atoms with Gasteiger partial charge in [0.25, 0.3) is 0 Å². The van der Waals surface area contributed by atoms with Crippen LogP contribution in [-0.4, -0.2) is 108 Å². The van der Waals surface area contributed by atoms with Crippen molar-refractivity contribution >= 4 is 47.6 Å². The molecule has 3 saturated heterocycles. The number of carbonyl (C=O) groups is 1. The van der Waals surface area contributed by atoms with Gasteiger partial charge >= 0.3 is 6.09 Å². The summed E-state index contributed by atoms with van der Waals surface area (Å²) >= 11 is 6.45. The minimum atomic E-state index is -2.48. The number of hydrogen-bond acceptors (Lipinski definition) is 9. The molecular weight excluding hydrogens is 609 g/mol. The zero-order valence-corrected chi connectivity index (χ0v) is 29.2. The fourth-order valence-corrected chi connectivity index (χ4v) is 8.00. The summed E-state index contributed by atoms with van der Waals surface area (Å²) in [6, 6.07) is 7.87. The summed E-state index contributed by atoms with van der Waals surface area (Å²) in [6.07, 6.45) is 7.09. The molecule has 3 fully saturated rings. The lowest BCUT2D eigenvalue weighted by molar-refractivity contribution is 0.0162. The standard InChI is InChI=1S/C33H51ClN7O3P/c1-33(2,3)44-32(42)41-18-12-25(13-19-41)21-39-15-10-24(11-16-39)22-40-17-14-26(23-40)36-31-35-20-27(34)30(38-31)37-28-8-6-7-9-29(28)45(4,5)43/h6-9,20,24-26H,10-19,21-23H2,1-5H3,(H2,35,36,37,38). The van der Waals surface area contributed by atoms with Gasteiger partial charge in [-0.15, -0.1) is 0 Å². The summed E-state index contributed by atoms with van der Waals surface area (Å²) < 4.78 is 18.4. The lowest BCUT2D eigenvalue weighted by Gasteiger charge is -2.38. The van der Waals surface area contributed by atoms with E-state index in [9.17, 15) is 9.36 Å². The Morgan fingerprint density at radius 2 is 1.60 bits per heavy atom. The number of aromatic nitrogens is 2. The maximum absolute atomic E-state index is 12.8. The summed E-state index contributed by atoms with van der Waals surface area (Å²) in [6.45, 7) is 17.5. The van der Waals surface area contributed by atoms with Crippen LogP contribution in [0.25, 0.3) is 0 Å². The number of piperidine rings is 2. The average Bonchev–Trinajstić information content (AvgIpc) is 3.41. The van der Waals surface area contributed by atoms with Crippen molar-refractivity contribution in [2.24, 2.45) is 11.8 Å². The molecule has 10 nitrogen and oxygen atoms in total. The molecule has 1 amide bonds. The molecule has 0 spiro atoms. The Kier molecular flexibility index (Phi) is 11.0. The molecule has 0 bridgehead atoms. The molecule has 4 heterocycles. The van der Waals surface area contributed by atoms with Gasteiger partial charge in [-0.2, -0.15) is 4.98 Å². The highest BCUT2D eigenvalue weighted by Crippen LogP contribution is 2.38. The molecule has 3 aliphatic rings. The van der Waals surface area contributed by atoms with Crippen LogP contribution in [0.5, 0.6) is 0 Å². The number of rotatable bonds is 9. The van der Waals surface area contributed by atoms with Gasteiger partial charge in [0.05, 0.1) is 11.9 Å². The second-order valence-corrected chi connectivity index (χ2v) is 18.0. The minimum Gasteiger partial charge on any atom is -0.444 e. The Hall–Kier alpha value is -2.39. The third kappa shape index (κ3) is 9.80. The Balaban J connectivity index is 1.03. The van der Waals surface area contributed by atoms with E-state index in [1.807, 2.05) is 49.9 Å². The fourth-order valence-electron chi connectivity index (χ4n) is 6.71. The van der Waals surface area contributed by atoms with Gasteiger partial charge in [-0.1, -0.05) is 23.7 Å². The van der Waals surface area contributed by atoms with Crippen LogP contribution in [0.1, 0.15) is 52.9 Å². The molecule has 0 aliphatic carbocycles. The van der Waals surface area contributed by atoms with E-state index in [-0.39, 0.29) is 12.1 Å². The number of para-hydroxylation sites is 1. The number of carbonyl (C=O) groups excluding carboxylic acids is 1. The summed E-state index contributed by atoms with van der Waals surface area (Å²) in [7, 11) is -2.48. The first kappa shape index (κ1) is 34.0. The summed E-state index contributed by atoms with van der Waals surface area (Å²) in [5, 5.41) is 8.00. The topological polar surface area (TPSA) is 103 Å². The van der Waals surface area contributed by atoms with Crippen LogP contribution >= 0.6 is 18.7 Å². The van der Waals surface area contributed by atoms with Crippen LogP contribution < -0.4 is 15.9 Å². The monoisotopic (exact) mass is 659 g/mol. The Morgan fingerprint density at radius 1 is 0.978 bits per heavy atom. The van der Waals surface area contributed by atoms with Crippen molar-refractivity contribution < 1.29 is 14.1 Å². The number of nitrogens with one attached hydrogen (secondary N) is 2. The molecule has 1 aromatic heterocycles. The quantitative estimate of drug-likeness (QED) is 0.315. The number of benzene rings is 1. The molecule has 3 aliphatic heterocycles. The molecular formula is C33H51ClN7O3P. The molecule has 2 N–H and O–H groups in total. The summed E-state index contributed by atoms with van der Waals surface area (Å²) in [5.41, 5.74) is 0.309. The predicted molar refractivity (Wildman–Crippen MR) is 184 cm³/mol. The zero-order valence-electron chi connectivity index (χ0n) is 27.6. The van der Waals surface area contributed by atoms with Gasteiger partial charge in [-0.05, 0) is 103 Å². The molecule has 248 valence electrons. The van der Waals surface area contributed by atoms with Crippen LogP contribution in [0.4, 0.5) is 22.2 Å². The second-order valence-electron chi connectivity index (χ2n) is 14.4. The van der Waals surface area contributed by atoms with Crippen molar-refractivity contribution in [3.63, 3.8) is 0 Å². The van der Waals surface area contributed by atoms with Crippen LogP contribution in [0, 0.1) is 11.8 Å². The van der Waals surface area contributed by atoms with Crippen molar-refractivity contribution in [3.8, 4) is 0 Å². The average molecular weight is 660 g/mol. The van der Waals surface area contributed by atoms with Crippen LogP contribution in [0.3, 0.4) is 0 Å². The van der Waals surface area contributed by atoms with Gasteiger partial charge in [0, 0.05) is 50.6 Å². The second kappa shape index (κ2) is 14.6. The summed E-state index contributed by atoms with van der Waals surface area (Å²) in [5.74, 6) is 2.44. The number of likely N-dealkylation sites (tertiary alicyclic amines) is 3. The van der Waals surface area contributed by atoms with E-state index in [2.05, 4.69) is 30.4 Å². The number of amides is 1. The molecule has 1 aromatic carbocycles. The smallest absolute Gasteiger partial charge is 0.410 e. The lowest BCUT2D eigenvalue weighted by atomic mass is 9.92. The Morgan fingerprint density at radius 3 is 2.27 bits per heavy atom. The largest absolute Gasteiger partial charge is 0.444 e. The molecule has 45 heavy (non-hydrogen) atoms. The van der Waals surface area contributed by atoms with Gasteiger partial charge in [-0.3, -0.25) is 0 Å². The van der Waals surface area contributed by atoms with Gasteiger partial charge in [0.1, 0.15) is 17.8 Å². The van der Waals surface area contributed by atoms with E-state index in [1.54, 1.807) is 19.5 Å². The highest BCUT2D eigenvalue weighted by atomic mass is 35.5. The van der Waals surface area contributed by atoms with E-state index < -0.39 is 12.7 Å². The maximum Gasteiger partial charge on any atom is 0.410 e. The number of halogens is 1. The molecule has 0 radical (unpaired) electrons. The fraction of sp³-hybridized carbons (Fsp3) is 0.667. The molecule has 0 saturated carbocycles. The Labute approximate surface area is 274 Å². The van der Waals surface area contributed by atoms with E-state index >= 15 is 0 Å². The van der Waals surface area contributed by atoms with Crippen molar-refractivity contribution in [2.75, 3.05) is 76.3 Å². The molecule has 5 rings (SSSR count). The lowest BCUT2D eigenvalue weighted by Crippen LogP contribution is -2.45. The molecule has 1 unspecified atom stereocenters.